The Labute approximate surface area is 196 Å². The van der Waals surface area contributed by atoms with Gasteiger partial charge in [0.2, 0.25) is 0 Å². The molecule has 2 atom stereocenters. The van der Waals surface area contributed by atoms with Gasteiger partial charge in [0.05, 0.1) is 11.0 Å². The van der Waals surface area contributed by atoms with Gasteiger partial charge in [-0.05, 0) is 64.3 Å². The number of para-hydroxylation sites is 2. The summed E-state index contributed by atoms with van der Waals surface area (Å²) in [4.78, 5) is 20.8. The number of nitrogens with one attached hydrogen (secondary N) is 1. The number of fused-ring (bicyclic) bond motifs is 1. The highest BCUT2D eigenvalue weighted by Gasteiger charge is 2.23. The molecule has 2 heterocycles. The zero-order valence-corrected chi connectivity index (χ0v) is 19.8. The first-order valence-electron chi connectivity index (χ1n) is 12.2. The fourth-order valence-corrected chi connectivity index (χ4v) is 5.09. The third-order valence-corrected chi connectivity index (χ3v) is 6.97. The molecule has 0 aliphatic carbocycles. The molecule has 0 saturated carbocycles. The molecule has 33 heavy (non-hydrogen) atoms. The number of unbranched alkanes of at least 4 members (excludes halogenated alkanes) is 2. The summed E-state index contributed by atoms with van der Waals surface area (Å²) in [5.41, 5.74) is 8.94. The van der Waals surface area contributed by atoms with E-state index < -0.39 is 0 Å². The van der Waals surface area contributed by atoms with Crippen LogP contribution in [0.4, 0.5) is 0 Å². The molecule has 0 bridgehead atoms. The van der Waals surface area contributed by atoms with Crippen LogP contribution in [0.3, 0.4) is 0 Å². The molecule has 1 unspecified atom stereocenters. The number of aryl methyl sites for hydroxylation is 1. The minimum atomic E-state index is -0.0901. The molecule has 1 fully saturated rings. The predicted octanol–water partition coefficient (Wildman–Crippen LogP) is 4.78. The molecule has 6 nitrogen and oxygen atoms in total. The lowest BCUT2D eigenvalue weighted by molar-refractivity contribution is 0.101. The fourth-order valence-electron chi connectivity index (χ4n) is 5.09. The van der Waals surface area contributed by atoms with Crippen LogP contribution in [0, 0.1) is 5.41 Å². The lowest BCUT2D eigenvalue weighted by atomic mass is 9.97. The van der Waals surface area contributed by atoms with E-state index >= 15 is 0 Å². The van der Waals surface area contributed by atoms with Crippen LogP contribution in [-0.4, -0.2) is 38.9 Å². The highest BCUT2D eigenvalue weighted by atomic mass is 16.1. The summed E-state index contributed by atoms with van der Waals surface area (Å²) in [6, 6.07) is 16.4. The lowest BCUT2D eigenvalue weighted by Gasteiger charge is -2.39. The number of nitrogens with zero attached hydrogens (tertiary/aromatic N) is 3. The number of amidine groups is 1. The third-order valence-electron chi connectivity index (χ3n) is 6.97. The van der Waals surface area contributed by atoms with Gasteiger partial charge in [0.1, 0.15) is 11.5 Å². The van der Waals surface area contributed by atoms with Crippen molar-refractivity contribution >= 4 is 16.9 Å². The minimum absolute atomic E-state index is 0.0182. The first-order chi connectivity index (χ1) is 16.0. The van der Waals surface area contributed by atoms with Crippen molar-refractivity contribution in [2.75, 3.05) is 6.54 Å². The van der Waals surface area contributed by atoms with E-state index in [0.29, 0.717) is 35.4 Å². The molecule has 0 amide bonds. The van der Waals surface area contributed by atoms with Crippen LogP contribution in [0.25, 0.3) is 22.3 Å². The number of hydrogen-bond acceptors (Lipinski definition) is 4. The Kier molecular flexibility index (Phi) is 7.23. The van der Waals surface area contributed by atoms with Crippen LogP contribution < -0.4 is 11.3 Å². The van der Waals surface area contributed by atoms with Crippen molar-refractivity contribution in [2.45, 2.75) is 71.0 Å². The second-order valence-corrected chi connectivity index (χ2v) is 9.33. The van der Waals surface area contributed by atoms with Crippen molar-refractivity contribution in [1.29, 1.82) is 5.41 Å². The van der Waals surface area contributed by atoms with Crippen molar-refractivity contribution in [3.63, 3.8) is 0 Å². The second kappa shape index (κ2) is 10.3. The van der Waals surface area contributed by atoms with E-state index in [9.17, 15) is 4.79 Å². The average Bonchev–Trinajstić information content (AvgIpc) is 2.81. The molecule has 0 spiro atoms. The molecule has 4 rings (SSSR count). The normalized spacial score (nSPS) is 19.1. The summed E-state index contributed by atoms with van der Waals surface area (Å²) < 4.78 is 1.87. The first kappa shape index (κ1) is 23.2. The standard InChI is InChI=1S/C27H35N5O/c1-19-10-8-11-20(2)31(19)16-6-3-7-17-32-24-15-5-4-14-23(24)30-25(27(32)33)21-12-9-13-22(18-21)26(28)29/h4-5,9,12-15,18-20H,3,6-8,10-11,16-17H2,1-2H3,(H3,28,29)/t19-,20?/m0/s1. The number of piperidine rings is 1. The molecular weight excluding hydrogens is 410 g/mol. The fraction of sp³-hybridized carbons (Fsp3) is 0.444. The van der Waals surface area contributed by atoms with E-state index in [1.54, 1.807) is 12.1 Å². The van der Waals surface area contributed by atoms with E-state index in [1.165, 1.54) is 19.3 Å². The second-order valence-electron chi connectivity index (χ2n) is 9.33. The van der Waals surface area contributed by atoms with E-state index in [-0.39, 0.29) is 11.4 Å². The number of nitrogen functional groups attached to an aromatic ring is 1. The zero-order valence-electron chi connectivity index (χ0n) is 19.8. The topological polar surface area (TPSA) is 88.0 Å². The zero-order chi connectivity index (χ0) is 23.4. The molecule has 3 N–H and O–H groups in total. The van der Waals surface area contributed by atoms with Crippen LogP contribution >= 0.6 is 0 Å². The monoisotopic (exact) mass is 445 g/mol. The smallest absolute Gasteiger partial charge is 0.277 e. The molecule has 1 aliphatic rings. The van der Waals surface area contributed by atoms with Gasteiger partial charge in [-0.2, -0.15) is 0 Å². The first-order valence-corrected chi connectivity index (χ1v) is 12.2. The van der Waals surface area contributed by atoms with E-state index in [1.807, 2.05) is 41.0 Å². The molecule has 0 radical (unpaired) electrons. The SMILES string of the molecule is CC1CCC[C@H](C)N1CCCCCn1c(=O)c(-c2cccc(C(=N)N)c2)nc2ccccc21. The maximum Gasteiger partial charge on any atom is 0.277 e. The van der Waals surface area contributed by atoms with Crippen molar-refractivity contribution in [3.05, 3.63) is 64.4 Å². The van der Waals surface area contributed by atoms with Crippen molar-refractivity contribution in [3.8, 4) is 11.3 Å². The Balaban J connectivity index is 1.52. The summed E-state index contributed by atoms with van der Waals surface area (Å²) >= 11 is 0. The van der Waals surface area contributed by atoms with Gasteiger partial charge >= 0.3 is 0 Å². The Bertz CT molecular complexity index is 1170. The van der Waals surface area contributed by atoms with Gasteiger partial charge in [0.15, 0.2) is 0 Å². The van der Waals surface area contributed by atoms with Crippen LogP contribution in [0.2, 0.25) is 0 Å². The number of rotatable bonds is 8. The largest absolute Gasteiger partial charge is 0.384 e. The lowest BCUT2D eigenvalue weighted by Crippen LogP contribution is -2.44. The van der Waals surface area contributed by atoms with E-state index in [0.717, 1.165) is 36.8 Å². The van der Waals surface area contributed by atoms with Crippen molar-refractivity contribution in [1.82, 2.24) is 14.5 Å². The summed E-state index contributed by atoms with van der Waals surface area (Å²) in [5, 5.41) is 7.72. The van der Waals surface area contributed by atoms with Crippen molar-refractivity contribution in [2.24, 2.45) is 5.73 Å². The molecule has 1 aliphatic heterocycles. The highest BCUT2D eigenvalue weighted by Crippen LogP contribution is 2.23. The maximum absolute atomic E-state index is 13.5. The third kappa shape index (κ3) is 5.17. The van der Waals surface area contributed by atoms with Gasteiger partial charge in [-0.1, -0.05) is 43.2 Å². The molecule has 3 aromatic rings. The van der Waals surface area contributed by atoms with Crippen LogP contribution in [0.15, 0.2) is 53.3 Å². The molecule has 1 aromatic heterocycles. The number of aromatic nitrogens is 2. The number of likely N-dealkylation sites (tertiary alicyclic amines) is 1. The summed E-state index contributed by atoms with van der Waals surface area (Å²) in [6.07, 6.45) is 7.15. The summed E-state index contributed by atoms with van der Waals surface area (Å²) in [5.74, 6) is -0.0182. The van der Waals surface area contributed by atoms with Gasteiger partial charge in [-0.15, -0.1) is 0 Å². The molecular formula is C27H35N5O. The Morgan fingerprint density at radius 3 is 2.52 bits per heavy atom. The van der Waals surface area contributed by atoms with Gasteiger partial charge in [0, 0.05) is 29.8 Å². The summed E-state index contributed by atoms with van der Waals surface area (Å²) in [7, 11) is 0. The Morgan fingerprint density at radius 2 is 1.76 bits per heavy atom. The van der Waals surface area contributed by atoms with Crippen LogP contribution in [0.1, 0.15) is 57.9 Å². The highest BCUT2D eigenvalue weighted by molar-refractivity contribution is 5.96. The summed E-state index contributed by atoms with van der Waals surface area (Å²) in [6.45, 7) is 6.51. The quantitative estimate of drug-likeness (QED) is 0.297. The number of hydrogen-bond donors (Lipinski definition) is 2. The van der Waals surface area contributed by atoms with E-state index in [2.05, 4.69) is 23.7 Å². The minimum Gasteiger partial charge on any atom is -0.384 e. The Morgan fingerprint density at radius 1 is 1.03 bits per heavy atom. The van der Waals surface area contributed by atoms with Crippen LogP contribution in [-0.2, 0) is 6.54 Å². The van der Waals surface area contributed by atoms with Crippen LogP contribution in [0.5, 0.6) is 0 Å². The van der Waals surface area contributed by atoms with Gasteiger partial charge in [-0.3, -0.25) is 15.1 Å². The molecule has 174 valence electrons. The molecule has 6 heteroatoms. The average molecular weight is 446 g/mol. The maximum atomic E-state index is 13.5. The molecule has 1 saturated heterocycles. The number of benzene rings is 2. The number of nitrogens with two attached hydrogens (primary N) is 1. The molecule has 2 aromatic carbocycles. The van der Waals surface area contributed by atoms with E-state index in [4.69, 9.17) is 11.1 Å². The predicted molar refractivity (Wildman–Crippen MR) is 136 cm³/mol. The van der Waals surface area contributed by atoms with Gasteiger partial charge in [0.25, 0.3) is 5.56 Å². The Hall–Kier alpha value is -2.99. The van der Waals surface area contributed by atoms with Gasteiger partial charge in [-0.25, -0.2) is 4.98 Å². The van der Waals surface area contributed by atoms with Crippen molar-refractivity contribution < 1.29 is 0 Å². The van der Waals surface area contributed by atoms with Gasteiger partial charge < -0.3 is 10.3 Å².